The summed E-state index contributed by atoms with van der Waals surface area (Å²) in [5, 5.41) is 12.7. The standard InChI is InChI=1S/C53H36/c1-53(2)47-24-12-11-22-44(47)50-45(23-13-25-48(50)53)49-41-20-9-10-21-42(41)52(51-39-18-7-5-16-37(39)31-38-17-6-8-19-40(38)51)43-29-28-36(32-46(43)49)35-27-26-33-14-3-4-15-34(33)30-35/h3-32H,1-2H3. The Kier molecular flexibility index (Phi) is 6.40. The predicted octanol–water partition coefficient (Wildman–Crippen LogP) is 14.8. The zero-order chi connectivity index (χ0) is 35.3. The van der Waals surface area contributed by atoms with Gasteiger partial charge in [0.15, 0.2) is 0 Å². The van der Waals surface area contributed by atoms with Gasteiger partial charge >= 0.3 is 0 Å². The van der Waals surface area contributed by atoms with Gasteiger partial charge in [0.25, 0.3) is 0 Å². The van der Waals surface area contributed by atoms with E-state index in [0.29, 0.717) is 0 Å². The van der Waals surface area contributed by atoms with Gasteiger partial charge in [-0.1, -0.05) is 178 Å². The summed E-state index contributed by atoms with van der Waals surface area (Å²) in [6.45, 7) is 4.76. The van der Waals surface area contributed by atoms with Crippen molar-refractivity contribution in [2.75, 3.05) is 0 Å². The van der Waals surface area contributed by atoms with E-state index < -0.39 is 0 Å². The van der Waals surface area contributed by atoms with E-state index in [1.54, 1.807) is 0 Å². The molecule has 0 N–H and O–H groups in total. The Balaban J connectivity index is 1.33. The molecule has 0 bridgehead atoms. The van der Waals surface area contributed by atoms with Gasteiger partial charge < -0.3 is 0 Å². The zero-order valence-corrected chi connectivity index (χ0v) is 29.8. The van der Waals surface area contributed by atoms with Crippen LogP contribution in [0.4, 0.5) is 0 Å². The van der Waals surface area contributed by atoms with Crippen molar-refractivity contribution in [1.29, 1.82) is 0 Å². The average Bonchev–Trinajstić information content (AvgIpc) is 3.45. The molecule has 0 nitrogen and oxygen atoms in total. The van der Waals surface area contributed by atoms with Crippen LogP contribution in [0.25, 0.3) is 98.4 Å². The van der Waals surface area contributed by atoms with E-state index >= 15 is 0 Å². The first-order valence-corrected chi connectivity index (χ1v) is 18.7. The summed E-state index contributed by atoms with van der Waals surface area (Å²) in [5.41, 5.74) is 13.0. The second-order valence-electron chi connectivity index (χ2n) is 15.2. The zero-order valence-electron chi connectivity index (χ0n) is 29.8. The number of fused-ring (bicyclic) bond motifs is 8. The molecule has 0 atom stereocenters. The number of rotatable bonds is 3. The van der Waals surface area contributed by atoms with E-state index in [2.05, 4.69) is 196 Å². The van der Waals surface area contributed by atoms with Gasteiger partial charge in [-0.2, -0.15) is 0 Å². The first-order valence-electron chi connectivity index (χ1n) is 18.7. The molecule has 0 fully saturated rings. The topological polar surface area (TPSA) is 0 Å². The van der Waals surface area contributed by atoms with Crippen molar-refractivity contribution in [3.63, 3.8) is 0 Å². The lowest BCUT2D eigenvalue weighted by molar-refractivity contribution is 0.660. The molecule has 0 unspecified atom stereocenters. The molecule has 1 aliphatic rings. The molecule has 0 saturated carbocycles. The highest BCUT2D eigenvalue weighted by atomic mass is 14.4. The van der Waals surface area contributed by atoms with Crippen LogP contribution in [0.15, 0.2) is 182 Å². The van der Waals surface area contributed by atoms with Crippen molar-refractivity contribution in [3.8, 4) is 44.5 Å². The van der Waals surface area contributed by atoms with Crippen molar-refractivity contribution in [1.82, 2.24) is 0 Å². The second kappa shape index (κ2) is 11.2. The summed E-state index contributed by atoms with van der Waals surface area (Å²) in [7, 11) is 0. The molecule has 0 aliphatic heterocycles. The summed E-state index contributed by atoms with van der Waals surface area (Å²) in [5.74, 6) is 0. The molecule has 0 heterocycles. The van der Waals surface area contributed by atoms with Crippen LogP contribution in [0.5, 0.6) is 0 Å². The molecule has 0 heteroatoms. The first-order chi connectivity index (χ1) is 26.1. The average molecular weight is 673 g/mol. The van der Waals surface area contributed by atoms with Crippen LogP contribution in [-0.4, -0.2) is 0 Å². The lowest BCUT2D eigenvalue weighted by atomic mass is 9.79. The Morgan fingerprint density at radius 3 is 1.55 bits per heavy atom. The Bertz CT molecular complexity index is 3090. The summed E-state index contributed by atoms with van der Waals surface area (Å²) >= 11 is 0. The van der Waals surface area contributed by atoms with E-state index in [0.717, 1.165) is 0 Å². The third-order valence-electron chi connectivity index (χ3n) is 12.0. The van der Waals surface area contributed by atoms with E-state index in [9.17, 15) is 0 Å². The fourth-order valence-corrected chi connectivity index (χ4v) is 9.53. The van der Waals surface area contributed by atoms with Gasteiger partial charge in [-0.15, -0.1) is 0 Å². The SMILES string of the molecule is CC1(C)c2ccccc2-c2c(-c3c4ccccc4c(-c4c5ccccc5cc5ccccc45)c4ccc(-c5ccc6ccccc6c5)cc34)cccc21. The van der Waals surface area contributed by atoms with Crippen LogP contribution in [0.3, 0.4) is 0 Å². The molecule has 0 aromatic heterocycles. The molecular weight excluding hydrogens is 637 g/mol. The van der Waals surface area contributed by atoms with Gasteiger partial charge in [0.2, 0.25) is 0 Å². The van der Waals surface area contributed by atoms with Crippen molar-refractivity contribution in [3.05, 3.63) is 193 Å². The summed E-state index contributed by atoms with van der Waals surface area (Å²) in [6.07, 6.45) is 0. The fraction of sp³-hybridized carbons (Fsp3) is 0.0566. The van der Waals surface area contributed by atoms with Gasteiger partial charge in [-0.25, -0.2) is 0 Å². The van der Waals surface area contributed by atoms with Crippen LogP contribution in [0.1, 0.15) is 25.0 Å². The van der Waals surface area contributed by atoms with Crippen molar-refractivity contribution in [2.45, 2.75) is 19.3 Å². The molecule has 0 saturated heterocycles. The van der Waals surface area contributed by atoms with Gasteiger partial charge in [0, 0.05) is 5.41 Å². The van der Waals surface area contributed by atoms with E-state index in [4.69, 9.17) is 0 Å². The molecule has 11 rings (SSSR count). The molecule has 0 radical (unpaired) electrons. The predicted molar refractivity (Wildman–Crippen MR) is 228 cm³/mol. The molecular formula is C53H36. The molecule has 248 valence electrons. The minimum absolute atomic E-state index is 0.0917. The fourth-order valence-electron chi connectivity index (χ4n) is 9.53. The smallest absolute Gasteiger partial charge is 0.0159 e. The van der Waals surface area contributed by atoms with Crippen LogP contribution >= 0.6 is 0 Å². The lowest BCUT2D eigenvalue weighted by Crippen LogP contribution is -2.14. The minimum Gasteiger partial charge on any atom is -0.0619 e. The Morgan fingerprint density at radius 2 is 0.792 bits per heavy atom. The number of benzene rings is 10. The second-order valence-corrected chi connectivity index (χ2v) is 15.2. The molecule has 0 amide bonds. The molecule has 0 spiro atoms. The summed E-state index contributed by atoms with van der Waals surface area (Å²) < 4.78 is 0. The monoisotopic (exact) mass is 672 g/mol. The third-order valence-corrected chi connectivity index (χ3v) is 12.0. The van der Waals surface area contributed by atoms with Gasteiger partial charge in [0.05, 0.1) is 0 Å². The van der Waals surface area contributed by atoms with Gasteiger partial charge in [-0.3, -0.25) is 0 Å². The van der Waals surface area contributed by atoms with E-state index in [1.165, 1.54) is 109 Å². The van der Waals surface area contributed by atoms with Crippen LogP contribution in [0, 0.1) is 0 Å². The van der Waals surface area contributed by atoms with Gasteiger partial charge in [-0.05, 0) is 128 Å². The summed E-state index contributed by atoms with van der Waals surface area (Å²) in [6, 6.07) is 68.1. The highest BCUT2D eigenvalue weighted by Gasteiger charge is 2.37. The van der Waals surface area contributed by atoms with Crippen molar-refractivity contribution < 1.29 is 0 Å². The molecule has 10 aromatic rings. The van der Waals surface area contributed by atoms with Crippen molar-refractivity contribution >= 4 is 53.9 Å². The van der Waals surface area contributed by atoms with E-state index in [1.807, 2.05) is 0 Å². The maximum absolute atomic E-state index is 2.48. The quantitative estimate of drug-likeness (QED) is 0.164. The van der Waals surface area contributed by atoms with Gasteiger partial charge in [0.1, 0.15) is 0 Å². The largest absolute Gasteiger partial charge is 0.0619 e. The maximum atomic E-state index is 2.48. The molecule has 1 aliphatic carbocycles. The highest BCUT2D eigenvalue weighted by molar-refractivity contribution is 6.28. The van der Waals surface area contributed by atoms with Crippen LogP contribution in [-0.2, 0) is 5.41 Å². The van der Waals surface area contributed by atoms with Crippen molar-refractivity contribution in [2.24, 2.45) is 0 Å². The summed E-state index contributed by atoms with van der Waals surface area (Å²) in [4.78, 5) is 0. The third kappa shape index (κ3) is 4.36. The number of hydrogen-bond donors (Lipinski definition) is 0. The Morgan fingerprint density at radius 1 is 0.283 bits per heavy atom. The number of hydrogen-bond acceptors (Lipinski definition) is 0. The Labute approximate surface area is 309 Å². The van der Waals surface area contributed by atoms with E-state index in [-0.39, 0.29) is 5.41 Å². The minimum atomic E-state index is -0.0917. The molecule has 53 heavy (non-hydrogen) atoms. The van der Waals surface area contributed by atoms with Crippen LogP contribution in [0.2, 0.25) is 0 Å². The normalized spacial score (nSPS) is 13.2. The maximum Gasteiger partial charge on any atom is 0.0159 e. The Hall–Kier alpha value is -6.50. The lowest BCUT2D eigenvalue weighted by Gasteiger charge is -2.23. The first kappa shape index (κ1) is 30.2. The van der Waals surface area contributed by atoms with Crippen LogP contribution < -0.4 is 0 Å². The highest BCUT2D eigenvalue weighted by Crippen LogP contribution is 2.55. The molecule has 10 aromatic carbocycles.